The number of halogens is 3. The fourth-order valence-corrected chi connectivity index (χ4v) is 3.82. The molecule has 0 aliphatic carbocycles. The molecule has 0 bridgehead atoms. The molecule has 26 heavy (non-hydrogen) atoms. The number of thioether (sulfide) groups is 1. The summed E-state index contributed by atoms with van der Waals surface area (Å²) in [6, 6.07) is 4.19. The van der Waals surface area contributed by atoms with E-state index in [0.717, 1.165) is 48.9 Å². The predicted molar refractivity (Wildman–Crippen MR) is 97.7 cm³/mol. The summed E-state index contributed by atoms with van der Waals surface area (Å²) in [6.45, 7) is 3.31. The molecule has 1 aromatic carbocycles. The highest BCUT2D eigenvalue weighted by Gasteiger charge is 2.32. The largest absolute Gasteiger partial charge is 0.478 e. The van der Waals surface area contributed by atoms with E-state index < -0.39 is 24.1 Å². The maximum atomic E-state index is 14.3. The lowest BCUT2D eigenvalue weighted by Gasteiger charge is -2.29. The summed E-state index contributed by atoms with van der Waals surface area (Å²) in [5, 5.41) is 9.91. The molecule has 0 spiro atoms. The smallest absolute Gasteiger partial charge is 0.338 e. The summed E-state index contributed by atoms with van der Waals surface area (Å²) in [4.78, 5) is 13.4. The highest BCUT2D eigenvalue weighted by Crippen LogP contribution is 2.36. The van der Waals surface area contributed by atoms with Gasteiger partial charge in [-0.2, -0.15) is 0 Å². The lowest BCUT2D eigenvalue weighted by atomic mass is 10.1. The van der Waals surface area contributed by atoms with Crippen molar-refractivity contribution >= 4 is 17.7 Å². The topological polar surface area (TPSA) is 40.5 Å². The van der Waals surface area contributed by atoms with Crippen LogP contribution in [0.2, 0.25) is 0 Å². The Hall–Kier alpha value is -1.89. The molecular formula is C19H22F3NO2S. The van der Waals surface area contributed by atoms with E-state index in [4.69, 9.17) is 0 Å². The summed E-state index contributed by atoms with van der Waals surface area (Å²) < 4.78 is 41.5. The van der Waals surface area contributed by atoms with E-state index >= 15 is 0 Å². The standard InChI is InChI=1S/C19H22F3NO2S/c1-2-3-11-23-12-4-5-16(18(24)25)17(23)26-13-10-19(21,22)14-6-8-15(20)9-7-14/h4-9H,2-3,10-13H2,1H3,(H,24,25). The second kappa shape index (κ2) is 9.16. The van der Waals surface area contributed by atoms with Crippen LogP contribution in [0.15, 0.2) is 47.0 Å². The van der Waals surface area contributed by atoms with Crippen molar-refractivity contribution in [2.45, 2.75) is 32.1 Å². The van der Waals surface area contributed by atoms with E-state index in [9.17, 15) is 23.1 Å². The minimum Gasteiger partial charge on any atom is -0.478 e. The minimum atomic E-state index is -3.09. The predicted octanol–water partition coefficient (Wildman–Crippen LogP) is 5.01. The monoisotopic (exact) mass is 385 g/mol. The normalized spacial score (nSPS) is 14.8. The maximum Gasteiger partial charge on any atom is 0.338 e. The number of carbonyl (C=O) groups is 1. The average molecular weight is 385 g/mol. The molecule has 0 saturated heterocycles. The van der Waals surface area contributed by atoms with Crippen molar-refractivity contribution in [2.24, 2.45) is 0 Å². The van der Waals surface area contributed by atoms with Gasteiger partial charge in [-0.1, -0.05) is 31.6 Å². The molecule has 0 fully saturated rings. The Balaban J connectivity index is 2.07. The minimum absolute atomic E-state index is 0.0625. The Bertz CT molecular complexity index is 687. The van der Waals surface area contributed by atoms with Crippen molar-refractivity contribution in [3.63, 3.8) is 0 Å². The lowest BCUT2D eigenvalue weighted by molar-refractivity contribution is -0.132. The van der Waals surface area contributed by atoms with Crippen LogP contribution >= 0.6 is 11.8 Å². The first-order valence-electron chi connectivity index (χ1n) is 8.51. The maximum absolute atomic E-state index is 14.3. The van der Waals surface area contributed by atoms with E-state index in [1.165, 1.54) is 6.08 Å². The SMILES string of the molecule is CCCCN1CC=CC(C(=O)O)=C1SCCC(F)(F)c1ccc(F)cc1. The van der Waals surface area contributed by atoms with Crippen LogP contribution in [0.5, 0.6) is 0 Å². The number of carboxylic acid groups (broad SMARTS) is 1. The number of unbranched alkanes of at least 4 members (excludes halogenated alkanes) is 1. The van der Waals surface area contributed by atoms with Gasteiger partial charge in [0.15, 0.2) is 0 Å². The Morgan fingerprint density at radius 1 is 1.31 bits per heavy atom. The molecule has 0 amide bonds. The molecule has 0 unspecified atom stereocenters. The Labute approximate surface area is 155 Å². The number of alkyl halides is 2. The van der Waals surface area contributed by atoms with Gasteiger partial charge in [0.1, 0.15) is 5.82 Å². The molecule has 0 aromatic heterocycles. The van der Waals surface area contributed by atoms with Crippen LogP contribution in [-0.4, -0.2) is 34.8 Å². The molecule has 1 aromatic rings. The third-order valence-corrected chi connectivity index (χ3v) is 5.22. The first kappa shape index (κ1) is 20.4. The molecule has 142 valence electrons. The van der Waals surface area contributed by atoms with Gasteiger partial charge in [0, 0.05) is 30.8 Å². The van der Waals surface area contributed by atoms with Gasteiger partial charge in [-0.25, -0.2) is 18.0 Å². The second-order valence-corrected chi connectivity index (χ2v) is 7.12. The van der Waals surface area contributed by atoms with Gasteiger partial charge < -0.3 is 10.0 Å². The molecule has 3 nitrogen and oxygen atoms in total. The van der Waals surface area contributed by atoms with Crippen molar-refractivity contribution < 1.29 is 23.1 Å². The van der Waals surface area contributed by atoms with Crippen molar-refractivity contribution in [2.75, 3.05) is 18.8 Å². The van der Waals surface area contributed by atoms with Crippen LogP contribution in [-0.2, 0) is 10.7 Å². The Morgan fingerprint density at radius 3 is 2.62 bits per heavy atom. The van der Waals surface area contributed by atoms with Crippen molar-refractivity contribution in [1.29, 1.82) is 0 Å². The third kappa shape index (κ3) is 5.30. The van der Waals surface area contributed by atoms with Gasteiger partial charge in [0.2, 0.25) is 0 Å². The molecule has 1 aliphatic heterocycles. The van der Waals surface area contributed by atoms with Crippen LogP contribution in [0.1, 0.15) is 31.7 Å². The molecular weight excluding hydrogens is 363 g/mol. The Kier molecular flexibility index (Phi) is 7.20. The first-order chi connectivity index (χ1) is 12.3. The number of rotatable bonds is 9. The third-order valence-electron chi connectivity index (χ3n) is 4.06. The summed E-state index contributed by atoms with van der Waals surface area (Å²) in [5.74, 6) is -4.65. The van der Waals surface area contributed by atoms with E-state index in [-0.39, 0.29) is 16.9 Å². The molecule has 0 saturated carbocycles. The van der Waals surface area contributed by atoms with Crippen LogP contribution in [0.25, 0.3) is 0 Å². The molecule has 0 atom stereocenters. The van der Waals surface area contributed by atoms with E-state index in [0.29, 0.717) is 18.1 Å². The summed E-state index contributed by atoms with van der Waals surface area (Å²) in [5.41, 5.74) is -0.0965. The number of benzene rings is 1. The van der Waals surface area contributed by atoms with Crippen LogP contribution < -0.4 is 0 Å². The highest BCUT2D eigenvalue weighted by atomic mass is 32.2. The van der Waals surface area contributed by atoms with Crippen molar-refractivity contribution in [3.8, 4) is 0 Å². The summed E-state index contributed by atoms with van der Waals surface area (Å²) in [6.07, 6.45) is 4.71. The average Bonchev–Trinajstić information content (AvgIpc) is 2.60. The van der Waals surface area contributed by atoms with Gasteiger partial charge in [-0.05, 0) is 24.6 Å². The second-order valence-electron chi connectivity index (χ2n) is 6.04. The molecule has 1 aliphatic rings. The van der Waals surface area contributed by atoms with Crippen LogP contribution in [0.4, 0.5) is 13.2 Å². The fourth-order valence-electron chi connectivity index (χ4n) is 2.61. The van der Waals surface area contributed by atoms with Gasteiger partial charge >= 0.3 is 5.97 Å². The summed E-state index contributed by atoms with van der Waals surface area (Å²) >= 11 is 1.14. The van der Waals surface area contributed by atoms with E-state index in [2.05, 4.69) is 0 Å². The van der Waals surface area contributed by atoms with Crippen LogP contribution in [0, 0.1) is 5.82 Å². The van der Waals surface area contributed by atoms with Gasteiger partial charge in [0.25, 0.3) is 5.92 Å². The Morgan fingerprint density at radius 2 is 2.00 bits per heavy atom. The summed E-state index contributed by atoms with van der Waals surface area (Å²) in [7, 11) is 0. The number of aliphatic carboxylic acids is 1. The highest BCUT2D eigenvalue weighted by molar-refractivity contribution is 8.03. The van der Waals surface area contributed by atoms with Gasteiger partial charge in [-0.3, -0.25) is 0 Å². The number of nitrogens with zero attached hydrogens (tertiary/aromatic N) is 1. The molecule has 7 heteroatoms. The number of hydrogen-bond acceptors (Lipinski definition) is 3. The lowest BCUT2D eigenvalue weighted by Crippen LogP contribution is -2.28. The zero-order valence-electron chi connectivity index (χ0n) is 14.6. The number of carboxylic acids is 1. The van der Waals surface area contributed by atoms with Gasteiger partial charge in [0.05, 0.1) is 10.6 Å². The van der Waals surface area contributed by atoms with Crippen molar-refractivity contribution in [1.82, 2.24) is 4.90 Å². The van der Waals surface area contributed by atoms with E-state index in [1.54, 1.807) is 6.08 Å². The zero-order valence-corrected chi connectivity index (χ0v) is 15.4. The van der Waals surface area contributed by atoms with Crippen molar-refractivity contribution in [3.05, 3.63) is 58.4 Å². The zero-order chi connectivity index (χ0) is 19.2. The molecule has 1 heterocycles. The fraction of sp³-hybridized carbons (Fsp3) is 0.421. The number of hydrogen-bond donors (Lipinski definition) is 1. The quantitative estimate of drug-likeness (QED) is 0.649. The van der Waals surface area contributed by atoms with Gasteiger partial charge in [-0.15, -0.1) is 11.8 Å². The molecule has 0 radical (unpaired) electrons. The van der Waals surface area contributed by atoms with Crippen LogP contribution in [0.3, 0.4) is 0 Å². The molecule has 1 N–H and O–H groups in total. The molecule has 2 rings (SSSR count). The first-order valence-corrected chi connectivity index (χ1v) is 9.49. The van der Waals surface area contributed by atoms with E-state index in [1.807, 2.05) is 11.8 Å².